The predicted molar refractivity (Wildman–Crippen MR) is 167 cm³/mol. The van der Waals surface area contributed by atoms with E-state index >= 15 is 0 Å². The SMILES string of the molecule is Clc1ccccc1-n1c(-n2cnc(-c3ccccc3)c2-c2ccccc2)nc(-c2ccccc2)c1-c1ccccc1. The van der Waals surface area contributed by atoms with E-state index in [-0.39, 0.29) is 0 Å². The number of nitrogens with zero attached hydrogens (tertiary/aromatic N) is 4. The molecule has 0 fully saturated rings. The first-order valence-corrected chi connectivity index (χ1v) is 13.8. The van der Waals surface area contributed by atoms with E-state index in [2.05, 4.69) is 57.7 Å². The number of aromatic nitrogens is 4. The van der Waals surface area contributed by atoms with Gasteiger partial charge in [0.25, 0.3) is 0 Å². The average molecular weight is 549 g/mol. The summed E-state index contributed by atoms with van der Waals surface area (Å²) in [6.07, 6.45) is 1.86. The molecule has 0 aliphatic heterocycles. The summed E-state index contributed by atoms with van der Waals surface area (Å²) in [5.41, 5.74) is 8.62. The second-order valence-corrected chi connectivity index (χ2v) is 10.1. The van der Waals surface area contributed by atoms with Crippen LogP contribution in [-0.4, -0.2) is 19.1 Å². The highest BCUT2D eigenvalue weighted by molar-refractivity contribution is 6.32. The summed E-state index contributed by atoms with van der Waals surface area (Å²) in [5.74, 6) is 0.698. The Morgan fingerprint density at radius 3 is 1.49 bits per heavy atom. The van der Waals surface area contributed by atoms with Gasteiger partial charge in [-0.1, -0.05) is 145 Å². The second-order valence-electron chi connectivity index (χ2n) is 9.67. The molecule has 5 aromatic carbocycles. The van der Waals surface area contributed by atoms with Crippen LogP contribution in [0.1, 0.15) is 0 Å². The minimum Gasteiger partial charge on any atom is -0.276 e. The lowest BCUT2D eigenvalue weighted by molar-refractivity contribution is 0.897. The third-order valence-electron chi connectivity index (χ3n) is 7.12. The van der Waals surface area contributed by atoms with Crippen LogP contribution >= 0.6 is 11.6 Å². The molecule has 0 saturated heterocycles. The van der Waals surface area contributed by atoms with Gasteiger partial charge >= 0.3 is 0 Å². The van der Waals surface area contributed by atoms with Gasteiger partial charge in [-0.15, -0.1) is 0 Å². The number of hydrogen-bond donors (Lipinski definition) is 0. The van der Waals surface area contributed by atoms with Gasteiger partial charge in [-0.3, -0.25) is 9.13 Å². The molecule has 0 spiro atoms. The summed E-state index contributed by atoms with van der Waals surface area (Å²) in [6, 6.07) is 49.2. The van der Waals surface area contributed by atoms with Crippen molar-refractivity contribution in [3.05, 3.63) is 157 Å². The van der Waals surface area contributed by atoms with Crippen molar-refractivity contribution < 1.29 is 0 Å². The fraction of sp³-hybridized carbons (Fsp3) is 0. The van der Waals surface area contributed by atoms with Crippen molar-refractivity contribution >= 4 is 11.6 Å². The lowest BCUT2D eigenvalue weighted by Crippen LogP contribution is -2.08. The first-order valence-electron chi connectivity index (χ1n) is 13.5. The van der Waals surface area contributed by atoms with Crippen LogP contribution in [0, 0.1) is 0 Å². The lowest BCUT2D eigenvalue weighted by Gasteiger charge is -2.16. The van der Waals surface area contributed by atoms with Crippen molar-refractivity contribution in [3.63, 3.8) is 0 Å². The number of hydrogen-bond acceptors (Lipinski definition) is 2. The highest BCUT2D eigenvalue weighted by Crippen LogP contribution is 2.40. The Kier molecular flexibility index (Phi) is 6.51. The van der Waals surface area contributed by atoms with Gasteiger partial charge in [0.15, 0.2) is 0 Å². The maximum Gasteiger partial charge on any atom is 0.221 e. The van der Waals surface area contributed by atoms with Gasteiger partial charge < -0.3 is 0 Å². The van der Waals surface area contributed by atoms with Crippen molar-refractivity contribution in [1.82, 2.24) is 19.1 Å². The molecule has 0 unspecified atom stereocenters. The molecular weight excluding hydrogens is 524 g/mol. The van der Waals surface area contributed by atoms with Gasteiger partial charge in [0.2, 0.25) is 5.95 Å². The molecule has 2 aromatic heterocycles. The molecule has 0 N–H and O–H groups in total. The number of halogens is 1. The predicted octanol–water partition coefficient (Wildman–Crippen LogP) is 9.38. The summed E-state index contributed by atoms with van der Waals surface area (Å²) >= 11 is 6.92. The largest absolute Gasteiger partial charge is 0.276 e. The van der Waals surface area contributed by atoms with Crippen LogP contribution < -0.4 is 0 Å². The second kappa shape index (κ2) is 10.8. The van der Waals surface area contributed by atoms with Crippen LogP contribution in [0.5, 0.6) is 0 Å². The molecule has 0 radical (unpaired) electrons. The van der Waals surface area contributed by atoms with E-state index < -0.39 is 0 Å². The Bertz CT molecular complexity index is 1930. The maximum absolute atomic E-state index is 6.92. The van der Waals surface area contributed by atoms with Gasteiger partial charge in [-0.2, -0.15) is 0 Å². The Hall–Kier alpha value is -5.19. The van der Waals surface area contributed by atoms with Crippen LogP contribution in [0.3, 0.4) is 0 Å². The third kappa shape index (κ3) is 4.54. The van der Waals surface area contributed by atoms with Crippen LogP contribution in [0.4, 0.5) is 0 Å². The number of benzene rings is 5. The minimum absolute atomic E-state index is 0.632. The van der Waals surface area contributed by atoms with E-state index in [0.29, 0.717) is 11.0 Å². The molecule has 41 heavy (non-hydrogen) atoms. The van der Waals surface area contributed by atoms with E-state index in [1.165, 1.54) is 0 Å². The zero-order valence-corrected chi connectivity index (χ0v) is 22.9. The zero-order chi connectivity index (χ0) is 27.6. The standard InChI is InChI=1S/C36H25ClN4/c37-30-23-13-14-24-31(30)41-35(29-21-11-4-12-22-29)33(27-17-7-2-8-18-27)39-36(41)40-25-38-32(26-15-5-1-6-16-26)34(40)28-19-9-3-10-20-28/h1-25H. The molecule has 0 atom stereocenters. The molecule has 7 aromatic rings. The maximum atomic E-state index is 6.92. The smallest absolute Gasteiger partial charge is 0.221 e. The van der Waals surface area contributed by atoms with Gasteiger partial charge in [0.1, 0.15) is 6.33 Å². The molecule has 4 nitrogen and oxygen atoms in total. The molecule has 196 valence electrons. The summed E-state index contributed by atoms with van der Waals surface area (Å²) in [4.78, 5) is 10.3. The first kappa shape index (κ1) is 24.8. The topological polar surface area (TPSA) is 35.6 Å². The van der Waals surface area contributed by atoms with E-state index in [1.54, 1.807) is 0 Å². The fourth-order valence-corrected chi connectivity index (χ4v) is 5.49. The highest BCUT2D eigenvalue weighted by atomic mass is 35.5. The van der Waals surface area contributed by atoms with E-state index in [9.17, 15) is 0 Å². The van der Waals surface area contributed by atoms with Crippen LogP contribution in [0.25, 0.3) is 56.7 Å². The summed E-state index contributed by atoms with van der Waals surface area (Å²) in [7, 11) is 0. The van der Waals surface area contributed by atoms with E-state index in [1.807, 2.05) is 103 Å². The Labute approximate surface area is 243 Å². The van der Waals surface area contributed by atoms with E-state index in [4.69, 9.17) is 21.6 Å². The number of rotatable bonds is 6. The molecule has 5 heteroatoms. The summed E-state index contributed by atoms with van der Waals surface area (Å²) < 4.78 is 4.24. The van der Waals surface area contributed by atoms with Crippen LogP contribution in [0.15, 0.2) is 152 Å². The lowest BCUT2D eigenvalue weighted by atomic mass is 10.0. The number of imidazole rings is 2. The molecule has 0 aliphatic carbocycles. The van der Waals surface area contributed by atoms with Gasteiger partial charge in [-0.05, 0) is 12.1 Å². The van der Waals surface area contributed by atoms with Gasteiger partial charge in [0.05, 0.1) is 33.5 Å². The normalized spacial score (nSPS) is 11.0. The minimum atomic E-state index is 0.632. The quantitative estimate of drug-likeness (QED) is 0.207. The molecular formula is C36H25ClN4. The average Bonchev–Trinajstić information content (AvgIpc) is 3.66. The summed E-state index contributed by atoms with van der Waals surface area (Å²) in [5, 5.41) is 0.632. The van der Waals surface area contributed by atoms with Crippen LogP contribution in [-0.2, 0) is 0 Å². The highest BCUT2D eigenvalue weighted by Gasteiger charge is 2.26. The monoisotopic (exact) mass is 548 g/mol. The van der Waals surface area contributed by atoms with E-state index in [0.717, 1.165) is 50.7 Å². The van der Waals surface area contributed by atoms with Crippen molar-refractivity contribution in [3.8, 4) is 56.7 Å². The number of para-hydroxylation sites is 1. The fourth-order valence-electron chi connectivity index (χ4n) is 5.27. The van der Waals surface area contributed by atoms with Gasteiger partial charge in [0, 0.05) is 22.3 Å². The Balaban J connectivity index is 1.61. The van der Waals surface area contributed by atoms with Crippen LogP contribution in [0.2, 0.25) is 5.02 Å². The first-order chi connectivity index (χ1) is 20.3. The molecule has 0 bridgehead atoms. The molecule has 0 aliphatic rings. The van der Waals surface area contributed by atoms with Crippen molar-refractivity contribution in [1.29, 1.82) is 0 Å². The van der Waals surface area contributed by atoms with Crippen molar-refractivity contribution in [2.45, 2.75) is 0 Å². The Morgan fingerprint density at radius 2 is 0.927 bits per heavy atom. The van der Waals surface area contributed by atoms with Crippen molar-refractivity contribution in [2.75, 3.05) is 0 Å². The third-order valence-corrected chi connectivity index (χ3v) is 7.44. The molecule has 0 amide bonds. The zero-order valence-electron chi connectivity index (χ0n) is 22.1. The Morgan fingerprint density at radius 1 is 0.463 bits per heavy atom. The molecule has 0 saturated carbocycles. The molecule has 2 heterocycles. The van der Waals surface area contributed by atoms with Gasteiger partial charge in [-0.25, -0.2) is 9.97 Å². The molecule has 7 rings (SSSR count). The van der Waals surface area contributed by atoms with Crippen molar-refractivity contribution in [2.24, 2.45) is 0 Å². The summed E-state index contributed by atoms with van der Waals surface area (Å²) in [6.45, 7) is 0.